The van der Waals surface area contributed by atoms with Crippen LogP contribution in [0.5, 0.6) is 0 Å². The van der Waals surface area contributed by atoms with Crippen molar-refractivity contribution in [3.8, 4) is 11.3 Å². The molecule has 0 spiro atoms. The molecule has 0 saturated carbocycles. The maximum Gasteiger partial charge on any atom is 0.305 e. The predicted molar refractivity (Wildman–Crippen MR) is 128 cm³/mol. The highest BCUT2D eigenvalue weighted by Gasteiger charge is 2.23. The van der Waals surface area contributed by atoms with Gasteiger partial charge >= 0.3 is 5.97 Å². The van der Waals surface area contributed by atoms with Gasteiger partial charge in [-0.25, -0.2) is 4.39 Å². The summed E-state index contributed by atoms with van der Waals surface area (Å²) in [7, 11) is 0. The molecule has 3 rings (SSSR count). The molecule has 178 valence electrons. The van der Waals surface area contributed by atoms with E-state index in [0.717, 1.165) is 5.69 Å². The van der Waals surface area contributed by atoms with Crippen LogP contribution in [0.1, 0.15) is 54.2 Å². The first kappa shape index (κ1) is 25.1. The van der Waals surface area contributed by atoms with E-state index in [1.807, 2.05) is 19.9 Å². The van der Waals surface area contributed by atoms with Gasteiger partial charge in [0, 0.05) is 29.4 Å². The number of benzene rings is 2. The van der Waals surface area contributed by atoms with Crippen LogP contribution in [0, 0.1) is 5.82 Å². The highest BCUT2D eigenvalue weighted by Crippen LogP contribution is 2.33. The monoisotopic (exact) mass is 465 g/mol. The van der Waals surface area contributed by atoms with E-state index in [9.17, 15) is 24.2 Å². The molecule has 0 amide bonds. The zero-order chi connectivity index (χ0) is 24.8. The fourth-order valence-electron chi connectivity index (χ4n) is 3.80. The molecule has 0 radical (unpaired) electrons. The quantitative estimate of drug-likeness (QED) is 0.377. The van der Waals surface area contributed by atoms with Crippen LogP contribution >= 0.6 is 0 Å². The lowest BCUT2D eigenvalue weighted by Crippen LogP contribution is -2.19. The molecular weight excluding hydrogens is 437 g/mol. The Hall–Kier alpha value is -3.55. The van der Waals surface area contributed by atoms with Crippen molar-refractivity contribution in [2.45, 2.75) is 44.8 Å². The molecule has 3 N–H and O–H groups in total. The Labute approximate surface area is 197 Å². The number of halogens is 1. The Morgan fingerprint density at radius 1 is 1.03 bits per heavy atom. The number of carbonyl (C=O) groups excluding carboxylic acids is 1. The maximum atomic E-state index is 13.6. The molecule has 3 aromatic rings. The number of hydrogen-bond acceptors (Lipinski definition) is 4. The van der Waals surface area contributed by atoms with Crippen molar-refractivity contribution < 1.29 is 29.3 Å². The SMILES string of the molecule is CC(C)c1cc(C(=O)c2ccccc2)c(-c2ccc(F)cc2)n1/C=C/[C@@H](O)C[C@@H](O)CC(=O)O. The van der Waals surface area contributed by atoms with E-state index in [-0.39, 0.29) is 18.1 Å². The van der Waals surface area contributed by atoms with Crippen LogP contribution in [0.25, 0.3) is 17.5 Å². The molecule has 1 aromatic heterocycles. The molecule has 0 aliphatic heterocycles. The molecule has 34 heavy (non-hydrogen) atoms. The molecule has 0 fully saturated rings. The van der Waals surface area contributed by atoms with Crippen molar-refractivity contribution >= 4 is 18.0 Å². The second kappa shape index (κ2) is 11.0. The van der Waals surface area contributed by atoms with E-state index >= 15 is 0 Å². The number of aromatic nitrogens is 1. The topological polar surface area (TPSA) is 99.8 Å². The van der Waals surface area contributed by atoms with Crippen LogP contribution < -0.4 is 0 Å². The number of nitrogens with zero attached hydrogens (tertiary/aromatic N) is 1. The summed E-state index contributed by atoms with van der Waals surface area (Å²) in [6, 6.07) is 16.5. The first-order valence-electron chi connectivity index (χ1n) is 11.0. The van der Waals surface area contributed by atoms with Gasteiger partial charge in [-0.3, -0.25) is 9.59 Å². The molecule has 0 aliphatic carbocycles. The molecule has 0 aliphatic rings. The van der Waals surface area contributed by atoms with E-state index in [2.05, 4.69) is 0 Å². The van der Waals surface area contributed by atoms with Crippen molar-refractivity contribution in [1.82, 2.24) is 4.57 Å². The van der Waals surface area contributed by atoms with E-state index in [0.29, 0.717) is 22.4 Å². The summed E-state index contributed by atoms with van der Waals surface area (Å²) in [6.07, 6.45) is 0.129. The number of carboxylic acids is 1. The third-order valence-electron chi connectivity index (χ3n) is 5.44. The van der Waals surface area contributed by atoms with Gasteiger partial charge in [0.2, 0.25) is 0 Å². The standard InChI is InChI=1S/C27H28FNO5/c1-17(2)24-16-23(27(34)19-6-4-3-5-7-19)26(18-8-10-20(28)11-9-18)29(24)13-12-21(30)14-22(31)15-25(32)33/h3-13,16-17,21-22,30-31H,14-15H2,1-2H3,(H,32,33)/b13-12+/t21-,22-/m1/s1. The van der Waals surface area contributed by atoms with E-state index in [4.69, 9.17) is 5.11 Å². The normalized spacial score (nSPS) is 13.4. The largest absolute Gasteiger partial charge is 0.481 e. The number of carbonyl (C=O) groups is 2. The summed E-state index contributed by atoms with van der Waals surface area (Å²) in [5.74, 6) is -1.73. The second-order valence-corrected chi connectivity index (χ2v) is 8.45. The minimum atomic E-state index is -1.20. The number of rotatable bonds is 10. The van der Waals surface area contributed by atoms with Gasteiger partial charge in [0.05, 0.1) is 24.3 Å². The molecule has 6 nitrogen and oxygen atoms in total. The van der Waals surface area contributed by atoms with Gasteiger partial charge in [0.15, 0.2) is 5.78 Å². The summed E-state index contributed by atoms with van der Waals surface area (Å²) < 4.78 is 15.4. The number of aliphatic hydroxyl groups excluding tert-OH is 2. The average molecular weight is 466 g/mol. The van der Waals surface area contributed by atoms with E-state index < -0.39 is 30.4 Å². The smallest absolute Gasteiger partial charge is 0.305 e. The fraction of sp³-hybridized carbons (Fsp3) is 0.259. The molecule has 1 heterocycles. The highest BCUT2D eigenvalue weighted by molar-refractivity contribution is 6.13. The summed E-state index contributed by atoms with van der Waals surface area (Å²) in [6.45, 7) is 3.94. The summed E-state index contributed by atoms with van der Waals surface area (Å²) >= 11 is 0. The predicted octanol–water partition coefficient (Wildman–Crippen LogP) is 4.71. The summed E-state index contributed by atoms with van der Waals surface area (Å²) in [5.41, 5.74) is 2.92. The van der Waals surface area contributed by atoms with Gasteiger partial charge in [-0.2, -0.15) is 0 Å². The maximum absolute atomic E-state index is 13.6. The lowest BCUT2D eigenvalue weighted by Gasteiger charge is -2.15. The Morgan fingerprint density at radius 2 is 1.68 bits per heavy atom. The van der Waals surface area contributed by atoms with Crippen LogP contribution in [-0.4, -0.2) is 43.8 Å². The lowest BCUT2D eigenvalue weighted by atomic mass is 9.99. The minimum Gasteiger partial charge on any atom is -0.481 e. The number of ketones is 1. The van der Waals surface area contributed by atoms with Crippen molar-refractivity contribution in [3.63, 3.8) is 0 Å². The van der Waals surface area contributed by atoms with E-state index in [1.165, 1.54) is 18.2 Å². The third-order valence-corrected chi connectivity index (χ3v) is 5.44. The van der Waals surface area contributed by atoms with Crippen LogP contribution in [0.3, 0.4) is 0 Å². The number of carboxylic acid groups (broad SMARTS) is 1. The van der Waals surface area contributed by atoms with Crippen molar-refractivity contribution in [1.29, 1.82) is 0 Å². The number of hydrogen-bond donors (Lipinski definition) is 3. The van der Waals surface area contributed by atoms with Crippen molar-refractivity contribution in [3.05, 3.63) is 89.4 Å². The molecule has 0 unspecified atom stereocenters. The van der Waals surface area contributed by atoms with E-state index in [1.54, 1.807) is 53.2 Å². The molecule has 0 saturated heterocycles. The highest BCUT2D eigenvalue weighted by atomic mass is 19.1. The second-order valence-electron chi connectivity index (χ2n) is 8.45. The van der Waals surface area contributed by atoms with Crippen LogP contribution in [0.4, 0.5) is 4.39 Å². The Morgan fingerprint density at radius 3 is 2.26 bits per heavy atom. The van der Waals surface area contributed by atoms with Gasteiger partial charge in [-0.05, 0) is 47.9 Å². The lowest BCUT2D eigenvalue weighted by molar-refractivity contribution is -0.139. The third kappa shape index (κ3) is 6.07. The van der Waals surface area contributed by atoms with Crippen LogP contribution in [0.15, 0.2) is 66.7 Å². The first-order chi connectivity index (χ1) is 16.2. The number of aliphatic carboxylic acids is 1. The Balaban J connectivity index is 2.10. The van der Waals surface area contributed by atoms with Gasteiger partial charge < -0.3 is 19.9 Å². The fourth-order valence-corrected chi connectivity index (χ4v) is 3.80. The van der Waals surface area contributed by atoms with Gasteiger partial charge in [0.1, 0.15) is 5.82 Å². The zero-order valence-electron chi connectivity index (χ0n) is 19.1. The molecule has 0 bridgehead atoms. The summed E-state index contributed by atoms with van der Waals surface area (Å²) in [5, 5.41) is 29.0. The van der Waals surface area contributed by atoms with Crippen molar-refractivity contribution in [2.75, 3.05) is 0 Å². The average Bonchev–Trinajstić information content (AvgIpc) is 3.17. The van der Waals surface area contributed by atoms with Gasteiger partial charge in [-0.15, -0.1) is 0 Å². The molecule has 7 heteroatoms. The Kier molecular flexibility index (Phi) is 8.15. The van der Waals surface area contributed by atoms with Gasteiger partial charge in [-0.1, -0.05) is 44.2 Å². The summed E-state index contributed by atoms with van der Waals surface area (Å²) in [4.78, 5) is 24.2. The molecule has 2 aromatic carbocycles. The molecule has 2 atom stereocenters. The zero-order valence-corrected chi connectivity index (χ0v) is 19.1. The van der Waals surface area contributed by atoms with Crippen LogP contribution in [-0.2, 0) is 4.79 Å². The van der Waals surface area contributed by atoms with Crippen molar-refractivity contribution in [2.24, 2.45) is 0 Å². The minimum absolute atomic E-state index is 0.0101. The molecular formula is C27H28FNO5. The Bertz CT molecular complexity index is 1170. The first-order valence-corrected chi connectivity index (χ1v) is 11.0. The van der Waals surface area contributed by atoms with Gasteiger partial charge in [0.25, 0.3) is 0 Å². The van der Waals surface area contributed by atoms with Crippen LogP contribution in [0.2, 0.25) is 0 Å². The number of aliphatic hydroxyl groups is 2.